The van der Waals surface area contributed by atoms with E-state index in [9.17, 15) is 0 Å². The van der Waals surface area contributed by atoms with Crippen LogP contribution in [0.3, 0.4) is 0 Å². The summed E-state index contributed by atoms with van der Waals surface area (Å²) in [6.45, 7) is 0. The molecule has 0 unspecified atom stereocenters. The average molecular weight is 778 g/mol. The second-order valence-electron chi connectivity index (χ2n) is 15.4. The molecule has 0 saturated heterocycles. The van der Waals surface area contributed by atoms with Gasteiger partial charge in [-0.15, -0.1) is 0 Å². The van der Waals surface area contributed by atoms with Crippen LogP contribution in [0.2, 0.25) is 0 Å². The van der Waals surface area contributed by atoms with Crippen LogP contribution in [0, 0.1) is 0 Å². The van der Waals surface area contributed by atoms with Crippen LogP contribution < -0.4 is 4.90 Å². The first-order valence-electron chi connectivity index (χ1n) is 20.9. The summed E-state index contributed by atoms with van der Waals surface area (Å²) in [5.74, 6) is 0. The van der Waals surface area contributed by atoms with Crippen LogP contribution in [-0.2, 0) is 0 Å². The first kappa shape index (κ1) is 37.3. The number of hydrogen-bond donors (Lipinski definition) is 0. The Kier molecular flexibility index (Phi) is 10.4. The SMILES string of the molecule is c1ccc(-c2ccc(-c3ccc(N(c4ccc(-c5cc(-c6ccccc6)cc(-c6ccccc6)c5)cc4)c4ccc(-c5ccccc5-c5ccccc5)cc4)cc3)cc2)cc1. The standard InChI is InChI=1S/C60H43N/c1-5-15-44(16-6-1)47-25-27-48(28-26-47)49-29-35-56(36-30-49)61(58-39-33-52(34-40-58)60-24-14-13-23-59(60)51-21-11-4-12-22-51)57-37-31-50(32-38-57)55-42-53(45-17-7-2-8-18-45)41-54(43-55)46-19-9-3-10-20-46/h1-43H. The number of benzene rings is 10. The van der Waals surface area contributed by atoms with Crippen LogP contribution in [0.25, 0.3) is 77.9 Å². The summed E-state index contributed by atoms with van der Waals surface area (Å²) < 4.78 is 0. The molecule has 0 heterocycles. The molecule has 0 radical (unpaired) electrons. The van der Waals surface area contributed by atoms with Crippen molar-refractivity contribution in [3.63, 3.8) is 0 Å². The van der Waals surface area contributed by atoms with Gasteiger partial charge in [0.25, 0.3) is 0 Å². The zero-order valence-electron chi connectivity index (χ0n) is 33.8. The van der Waals surface area contributed by atoms with E-state index in [2.05, 4.69) is 266 Å². The summed E-state index contributed by atoms with van der Waals surface area (Å²) in [7, 11) is 0. The molecule has 0 fully saturated rings. The van der Waals surface area contributed by atoms with Crippen LogP contribution in [0.15, 0.2) is 261 Å². The molecule has 0 aliphatic carbocycles. The van der Waals surface area contributed by atoms with E-state index in [0.29, 0.717) is 0 Å². The van der Waals surface area contributed by atoms with E-state index in [1.165, 1.54) is 77.9 Å². The highest BCUT2D eigenvalue weighted by Gasteiger charge is 2.16. The molecule has 0 aromatic heterocycles. The fourth-order valence-electron chi connectivity index (χ4n) is 8.32. The zero-order chi connectivity index (χ0) is 40.8. The number of hydrogen-bond acceptors (Lipinski definition) is 1. The fourth-order valence-corrected chi connectivity index (χ4v) is 8.32. The second kappa shape index (κ2) is 17.1. The predicted octanol–water partition coefficient (Wildman–Crippen LogP) is 16.8. The van der Waals surface area contributed by atoms with E-state index < -0.39 is 0 Å². The third-order valence-electron chi connectivity index (χ3n) is 11.5. The van der Waals surface area contributed by atoms with Crippen molar-refractivity contribution < 1.29 is 0 Å². The second-order valence-corrected chi connectivity index (χ2v) is 15.4. The molecule has 0 saturated carbocycles. The van der Waals surface area contributed by atoms with Gasteiger partial charge in [0.15, 0.2) is 0 Å². The number of anilines is 3. The summed E-state index contributed by atoms with van der Waals surface area (Å²) in [6.07, 6.45) is 0. The molecule has 10 aromatic rings. The lowest BCUT2D eigenvalue weighted by molar-refractivity contribution is 1.28. The topological polar surface area (TPSA) is 3.24 Å². The lowest BCUT2D eigenvalue weighted by atomic mass is 9.93. The van der Waals surface area contributed by atoms with Gasteiger partial charge in [0.2, 0.25) is 0 Å². The molecule has 0 aliphatic heterocycles. The third kappa shape index (κ3) is 8.06. The average Bonchev–Trinajstić information content (AvgIpc) is 3.36. The molecule has 288 valence electrons. The van der Waals surface area contributed by atoms with Gasteiger partial charge in [-0.25, -0.2) is 0 Å². The van der Waals surface area contributed by atoms with Crippen molar-refractivity contribution in [2.45, 2.75) is 0 Å². The van der Waals surface area contributed by atoms with Gasteiger partial charge < -0.3 is 4.90 Å². The summed E-state index contributed by atoms with van der Waals surface area (Å²) in [5, 5.41) is 0. The van der Waals surface area contributed by atoms with Crippen molar-refractivity contribution in [2.24, 2.45) is 0 Å². The zero-order valence-corrected chi connectivity index (χ0v) is 33.8. The number of nitrogens with zero attached hydrogens (tertiary/aromatic N) is 1. The first-order valence-corrected chi connectivity index (χ1v) is 20.9. The molecule has 0 aliphatic rings. The molecule has 0 amide bonds. The monoisotopic (exact) mass is 777 g/mol. The molecule has 0 bridgehead atoms. The Bertz CT molecular complexity index is 2940. The van der Waals surface area contributed by atoms with E-state index >= 15 is 0 Å². The Morgan fingerprint density at radius 3 is 0.721 bits per heavy atom. The van der Waals surface area contributed by atoms with Gasteiger partial charge >= 0.3 is 0 Å². The summed E-state index contributed by atoms with van der Waals surface area (Å²) >= 11 is 0. The normalized spacial score (nSPS) is 11.0. The molecular weight excluding hydrogens is 735 g/mol. The highest BCUT2D eigenvalue weighted by Crippen LogP contribution is 2.40. The molecule has 0 N–H and O–H groups in total. The number of rotatable bonds is 10. The Balaban J connectivity index is 1.02. The van der Waals surface area contributed by atoms with Crippen molar-refractivity contribution in [2.75, 3.05) is 4.90 Å². The molecule has 61 heavy (non-hydrogen) atoms. The molecule has 10 aromatic carbocycles. The Morgan fingerprint density at radius 1 is 0.164 bits per heavy atom. The van der Waals surface area contributed by atoms with Crippen molar-refractivity contribution in [3.8, 4) is 77.9 Å². The largest absolute Gasteiger partial charge is 0.311 e. The Morgan fingerprint density at radius 2 is 0.377 bits per heavy atom. The molecule has 10 rings (SSSR count). The smallest absolute Gasteiger partial charge is 0.0462 e. The summed E-state index contributed by atoms with van der Waals surface area (Å²) in [6, 6.07) is 93.9. The minimum absolute atomic E-state index is 1.09. The van der Waals surface area contributed by atoms with Crippen LogP contribution in [-0.4, -0.2) is 0 Å². The van der Waals surface area contributed by atoms with Crippen molar-refractivity contribution >= 4 is 17.1 Å². The Labute approximate surface area is 359 Å². The van der Waals surface area contributed by atoms with Gasteiger partial charge in [0.05, 0.1) is 0 Å². The fraction of sp³-hybridized carbons (Fsp3) is 0. The van der Waals surface area contributed by atoms with E-state index in [1.807, 2.05) is 0 Å². The van der Waals surface area contributed by atoms with Gasteiger partial charge in [-0.3, -0.25) is 0 Å². The quantitative estimate of drug-likeness (QED) is 0.134. The van der Waals surface area contributed by atoms with Gasteiger partial charge in [-0.1, -0.05) is 206 Å². The van der Waals surface area contributed by atoms with E-state index in [1.54, 1.807) is 0 Å². The predicted molar refractivity (Wildman–Crippen MR) is 259 cm³/mol. The first-order chi connectivity index (χ1) is 30.2. The van der Waals surface area contributed by atoms with E-state index in [-0.39, 0.29) is 0 Å². The van der Waals surface area contributed by atoms with Gasteiger partial charge in [0, 0.05) is 17.1 Å². The third-order valence-corrected chi connectivity index (χ3v) is 11.5. The molecule has 1 heteroatoms. The lowest BCUT2D eigenvalue weighted by Gasteiger charge is -2.26. The molecule has 1 nitrogen and oxygen atoms in total. The van der Waals surface area contributed by atoms with E-state index in [4.69, 9.17) is 0 Å². The van der Waals surface area contributed by atoms with Crippen LogP contribution in [0.5, 0.6) is 0 Å². The maximum atomic E-state index is 2.36. The highest BCUT2D eigenvalue weighted by atomic mass is 15.1. The Hall–Kier alpha value is -8.00. The maximum Gasteiger partial charge on any atom is 0.0462 e. The lowest BCUT2D eigenvalue weighted by Crippen LogP contribution is -2.09. The molecule has 0 spiro atoms. The van der Waals surface area contributed by atoms with Crippen molar-refractivity contribution in [1.82, 2.24) is 0 Å². The van der Waals surface area contributed by atoms with Gasteiger partial charge in [-0.2, -0.15) is 0 Å². The van der Waals surface area contributed by atoms with Crippen LogP contribution in [0.4, 0.5) is 17.1 Å². The van der Waals surface area contributed by atoms with Gasteiger partial charge in [0.1, 0.15) is 0 Å². The van der Waals surface area contributed by atoms with E-state index in [0.717, 1.165) is 17.1 Å². The van der Waals surface area contributed by atoms with Crippen molar-refractivity contribution in [3.05, 3.63) is 261 Å². The molecule has 0 atom stereocenters. The molecular formula is C60H43N. The maximum absolute atomic E-state index is 2.36. The van der Waals surface area contributed by atoms with Gasteiger partial charge in [-0.05, 0) is 132 Å². The minimum Gasteiger partial charge on any atom is -0.311 e. The minimum atomic E-state index is 1.09. The summed E-state index contributed by atoms with van der Waals surface area (Å²) in [5.41, 5.74) is 20.1. The highest BCUT2D eigenvalue weighted by molar-refractivity contribution is 5.87. The summed E-state index contributed by atoms with van der Waals surface area (Å²) in [4.78, 5) is 2.36. The van der Waals surface area contributed by atoms with Crippen LogP contribution >= 0.6 is 0 Å². The van der Waals surface area contributed by atoms with Crippen molar-refractivity contribution in [1.29, 1.82) is 0 Å². The van der Waals surface area contributed by atoms with Crippen LogP contribution in [0.1, 0.15) is 0 Å².